The van der Waals surface area contributed by atoms with Crippen molar-refractivity contribution in [3.63, 3.8) is 0 Å². The monoisotopic (exact) mass is 391 g/mol. The van der Waals surface area contributed by atoms with Crippen molar-refractivity contribution in [2.75, 3.05) is 17.1 Å². The first kappa shape index (κ1) is 19.1. The molecule has 0 aliphatic carbocycles. The van der Waals surface area contributed by atoms with Gasteiger partial charge in [-0.15, -0.1) is 0 Å². The smallest absolute Gasteiger partial charge is 0.308 e. The minimum Gasteiger partial charge on any atom is -0.502 e. The van der Waals surface area contributed by atoms with Gasteiger partial charge in [0.05, 0.1) is 11.3 Å². The van der Waals surface area contributed by atoms with Gasteiger partial charge < -0.3 is 14.3 Å². The topological polar surface area (TPSA) is 97.1 Å². The van der Waals surface area contributed by atoms with E-state index in [2.05, 4.69) is 0 Å². The van der Waals surface area contributed by atoms with Crippen LogP contribution in [0.1, 0.15) is 13.8 Å². The molecule has 0 aliphatic rings. The summed E-state index contributed by atoms with van der Waals surface area (Å²) in [6, 6.07) is 3.60. The first-order chi connectivity index (χ1) is 11.6. The summed E-state index contributed by atoms with van der Waals surface area (Å²) in [4.78, 5) is 11.3. The summed E-state index contributed by atoms with van der Waals surface area (Å²) in [5, 5.41) is 10.4. The summed E-state index contributed by atoms with van der Waals surface area (Å²) in [6.45, 7) is 2.47. The van der Waals surface area contributed by atoms with E-state index in [0.29, 0.717) is 4.31 Å². The maximum Gasteiger partial charge on any atom is 0.308 e. The van der Waals surface area contributed by atoms with Crippen LogP contribution in [0, 0.1) is 5.82 Å². The van der Waals surface area contributed by atoms with Gasteiger partial charge in [0, 0.05) is 19.0 Å². The molecule has 0 spiro atoms. The second-order valence-electron chi connectivity index (χ2n) is 5.00. The zero-order chi connectivity index (χ0) is 18.9. The van der Waals surface area contributed by atoms with E-state index in [0.717, 1.165) is 20.0 Å². The number of nitrogens with zero attached hydrogens (tertiary/aromatic N) is 1. The van der Waals surface area contributed by atoms with Crippen molar-refractivity contribution in [1.29, 1.82) is 0 Å². The quantitative estimate of drug-likeness (QED) is 0.786. The Balaban J connectivity index is 2.70. The molecule has 1 N–H and O–H groups in total. The van der Waals surface area contributed by atoms with E-state index in [1.165, 1.54) is 19.1 Å². The molecule has 0 unspecified atom stereocenters. The molecule has 25 heavy (non-hydrogen) atoms. The van der Waals surface area contributed by atoms with Crippen LogP contribution in [0.3, 0.4) is 0 Å². The zero-order valence-corrected chi connectivity index (χ0v) is 15.1. The highest BCUT2D eigenvalue weighted by molar-refractivity contribution is 7.92. The number of hydrogen-bond acceptors (Lipinski definition) is 6. The van der Waals surface area contributed by atoms with Crippen molar-refractivity contribution in [1.82, 2.24) is 0 Å². The second kappa shape index (κ2) is 6.93. The van der Waals surface area contributed by atoms with Crippen LogP contribution < -0.4 is 9.04 Å². The molecule has 0 saturated carbocycles. The first-order valence-electron chi connectivity index (χ1n) is 7.04. The molecule has 0 saturated heterocycles. The number of sulfonamides is 1. The van der Waals surface area contributed by atoms with Gasteiger partial charge in [0.25, 0.3) is 5.88 Å². The Bertz CT molecular complexity index is 924. The van der Waals surface area contributed by atoms with Crippen LogP contribution in [0.5, 0.6) is 11.5 Å². The molecule has 10 heteroatoms. The van der Waals surface area contributed by atoms with Gasteiger partial charge in [-0.3, -0.25) is 4.79 Å². The maximum absolute atomic E-state index is 14.1. The van der Waals surface area contributed by atoms with Gasteiger partial charge in [0.1, 0.15) is 5.82 Å². The summed E-state index contributed by atoms with van der Waals surface area (Å²) in [5.41, 5.74) is -0.177. The summed E-state index contributed by atoms with van der Waals surface area (Å²) in [7, 11) is -2.63. The van der Waals surface area contributed by atoms with Crippen LogP contribution in [-0.4, -0.2) is 32.3 Å². The molecule has 1 heterocycles. The first-order valence-corrected chi connectivity index (χ1v) is 9.03. The van der Waals surface area contributed by atoms with Crippen LogP contribution in [0.4, 0.5) is 10.3 Å². The van der Waals surface area contributed by atoms with Gasteiger partial charge in [-0.05, 0) is 25.1 Å². The number of benzene rings is 1. The van der Waals surface area contributed by atoms with Gasteiger partial charge >= 0.3 is 5.97 Å². The molecule has 1 aromatic heterocycles. The molecule has 7 nitrogen and oxygen atoms in total. The number of aromatic hydroxyl groups is 1. The number of carbonyl (C=O) groups excluding carboxylic acids is 1. The molecule has 0 atom stereocenters. The molecular weight excluding hydrogens is 377 g/mol. The van der Waals surface area contributed by atoms with E-state index in [9.17, 15) is 22.7 Å². The van der Waals surface area contributed by atoms with Crippen molar-refractivity contribution in [2.24, 2.45) is 0 Å². The van der Waals surface area contributed by atoms with Crippen molar-refractivity contribution >= 4 is 33.5 Å². The van der Waals surface area contributed by atoms with Crippen LogP contribution in [0.2, 0.25) is 5.02 Å². The average Bonchev–Trinajstić information content (AvgIpc) is 2.83. The molecule has 0 fully saturated rings. The fourth-order valence-electron chi connectivity index (χ4n) is 2.01. The highest BCUT2D eigenvalue weighted by Gasteiger charge is 2.31. The maximum atomic E-state index is 14.1. The third-order valence-corrected chi connectivity index (χ3v) is 5.28. The molecule has 2 rings (SSSR count). The van der Waals surface area contributed by atoms with Gasteiger partial charge in [-0.1, -0.05) is 11.6 Å². The van der Waals surface area contributed by atoms with Gasteiger partial charge in [0.15, 0.2) is 5.76 Å². The lowest BCUT2D eigenvalue weighted by Gasteiger charge is -2.16. The molecule has 2 aromatic rings. The minimum atomic E-state index is -3.79. The molecule has 1 aromatic carbocycles. The Morgan fingerprint density at radius 3 is 2.60 bits per heavy atom. The number of rotatable bonds is 5. The number of hydrogen-bond donors (Lipinski definition) is 1. The van der Waals surface area contributed by atoms with Crippen molar-refractivity contribution < 1.29 is 31.9 Å². The van der Waals surface area contributed by atoms with Crippen LogP contribution in [0.15, 0.2) is 22.6 Å². The molecule has 136 valence electrons. The Labute approximate surface area is 148 Å². The number of esters is 1. The Kier molecular flexibility index (Phi) is 5.28. The Hall–Kier alpha value is -2.26. The predicted molar refractivity (Wildman–Crippen MR) is 89.9 cm³/mol. The van der Waals surface area contributed by atoms with E-state index in [1.807, 2.05) is 0 Å². The van der Waals surface area contributed by atoms with E-state index >= 15 is 0 Å². The standard InChI is InChI=1S/C15H15ClFNO6S/c1-4-25(21,22)18(3)15-14(23-8(2)19)12(20)13(24-15)10-6-5-9(16)7-11(10)17/h5-7,20H,4H2,1-3H3. The molecule has 0 bridgehead atoms. The fourth-order valence-corrected chi connectivity index (χ4v) is 2.93. The van der Waals surface area contributed by atoms with Crippen LogP contribution in [0.25, 0.3) is 11.3 Å². The lowest BCUT2D eigenvalue weighted by Crippen LogP contribution is -2.28. The van der Waals surface area contributed by atoms with Gasteiger partial charge in [-0.25, -0.2) is 17.1 Å². The third-order valence-electron chi connectivity index (χ3n) is 3.31. The van der Waals surface area contributed by atoms with Gasteiger partial charge in [-0.2, -0.15) is 0 Å². The zero-order valence-electron chi connectivity index (χ0n) is 13.5. The highest BCUT2D eigenvalue weighted by Crippen LogP contribution is 2.48. The van der Waals surface area contributed by atoms with Crippen LogP contribution in [-0.2, 0) is 14.8 Å². The second-order valence-corrected chi connectivity index (χ2v) is 7.73. The Morgan fingerprint density at radius 2 is 2.08 bits per heavy atom. The minimum absolute atomic E-state index is 0.124. The molecule has 0 radical (unpaired) electrons. The van der Waals surface area contributed by atoms with E-state index in [1.54, 1.807) is 0 Å². The lowest BCUT2D eigenvalue weighted by atomic mass is 10.1. The van der Waals surface area contributed by atoms with Crippen LogP contribution >= 0.6 is 11.6 Å². The summed E-state index contributed by atoms with van der Waals surface area (Å²) in [5.74, 6) is -3.95. The molecule has 0 amide bonds. The fraction of sp³-hybridized carbons (Fsp3) is 0.267. The summed E-state index contributed by atoms with van der Waals surface area (Å²) in [6.07, 6.45) is 0. The predicted octanol–water partition coefficient (Wildman–Crippen LogP) is 3.16. The van der Waals surface area contributed by atoms with E-state index in [-0.39, 0.29) is 16.3 Å². The number of halogens is 2. The summed E-state index contributed by atoms with van der Waals surface area (Å²) < 4.78 is 49.2. The number of ether oxygens (including phenoxy) is 1. The van der Waals surface area contributed by atoms with Crippen molar-refractivity contribution in [3.8, 4) is 22.8 Å². The average molecular weight is 392 g/mol. The van der Waals surface area contributed by atoms with E-state index in [4.69, 9.17) is 20.8 Å². The number of carbonyl (C=O) groups is 1. The largest absolute Gasteiger partial charge is 0.502 e. The number of anilines is 1. The van der Waals surface area contributed by atoms with Crippen molar-refractivity contribution in [3.05, 3.63) is 29.0 Å². The SMILES string of the molecule is CCS(=O)(=O)N(C)c1oc(-c2ccc(Cl)cc2F)c(O)c1OC(C)=O. The van der Waals surface area contributed by atoms with Crippen molar-refractivity contribution in [2.45, 2.75) is 13.8 Å². The normalized spacial score (nSPS) is 11.4. The molecule has 0 aliphatic heterocycles. The highest BCUT2D eigenvalue weighted by atomic mass is 35.5. The Morgan fingerprint density at radius 1 is 1.44 bits per heavy atom. The third kappa shape index (κ3) is 3.72. The number of furan rings is 1. The van der Waals surface area contributed by atoms with E-state index < -0.39 is 45.0 Å². The summed E-state index contributed by atoms with van der Waals surface area (Å²) >= 11 is 5.69. The lowest BCUT2D eigenvalue weighted by molar-refractivity contribution is -0.132. The molecular formula is C15H15ClFNO6S. The van der Waals surface area contributed by atoms with Gasteiger partial charge in [0.2, 0.25) is 21.5 Å².